The van der Waals surface area contributed by atoms with E-state index in [0.29, 0.717) is 57.5 Å². The van der Waals surface area contributed by atoms with Gasteiger partial charge in [-0.25, -0.2) is 4.99 Å². The third kappa shape index (κ3) is 6.25. The molecule has 2 amide bonds. The third-order valence-electron chi connectivity index (χ3n) is 8.22. The van der Waals surface area contributed by atoms with Gasteiger partial charge in [-0.3, -0.25) is 9.59 Å². The number of aliphatic hydroxyl groups is 1. The molecule has 0 unspecified atom stereocenters. The predicted molar refractivity (Wildman–Crippen MR) is 166 cm³/mol. The lowest BCUT2D eigenvalue weighted by Gasteiger charge is -2.33. The van der Waals surface area contributed by atoms with Crippen LogP contribution in [0.25, 0.3) is 6.08 Å². The van der Waals surface area contributed by atoms with Crippen LogP contribution >= 0.6 is 0 Å². The van der Waals surface area contributed by atoms with Gasteiger partial charge in [0.1, 0.15) is 12.3 Å². The Morgan fingerprint density at radius 3 is 2.55 bits per heavy atom. The van der Waals surface area contributed by atoms with Gasteiger partial charge in [-0.1, -0.05) is 66.7 Å². The highest BCUT2D eigenvalue weighted by Gasteiger charge is 2.56. The first-order chi connectivity index (χ1) is 21.6. The maximum atomic E-state index is 14.7. The Morgan fingerprint density at radius 1 is 1.02 bits per heavy atom. The standard InChI is InChI=1S/C35H37N3O6/c39-20-7-21-43-29-15-13-27(14-16-29)33-36-35(17-6-10-26-8-2-1-3-9-26)32(44-33)30-12-5-4-11-28(30)24-38(34(35)41)25-31(40)37-18-22-42-23-19-37/h1-6,8-16,32,39H,7,17-25H2/b10-6+/t32-,35-/m0/s1. The topological polar surface area (TPSA) is 101 Å². The summed E-state index contributed by atoms with van der Waals surface area (Å²) in [5.74, 6) is 0.698. The van der Waals surface area contributed by atoms with E-state index in [2.05, 4.69) is 0 Å². The number of aliphatic hydroxyl groups excluding tert-OH is 1. The summed E-state index contributed by atoms with van der Waals surface area (Å²) in [5.41, 5.74) is 2.24. The Bertz CT molecular complexity index is 1520. The maximum Gasteiger partial charge on any atom is 0.255 e. The number of rotatable bonds is 10. The summed E-state index contributed by atoms with van der Waals surface area (Å²) in [6.45, 7) is 2.73. The van der Waals surface area contributed by atoms with Crippen molar-refractivity contribution < 1.29 is 28.9 Å². The van der Waals surface area contributed by atoms with Crippen molar-refractivity contribution in [3.63, 3.8) is 0 Å². The van der Waals surface area contributed by atoms with Crippen LogP contribution in [0.4, 0.5) is 0 Å². The molecule has 0 radical (unpaired) electrons. The number of amides is 2. The number of carbonyl (C=O) groups excluding carboxylic acids is 2. The van der Waals surface area contributed by atoms with Crippen molar-refractivity contribution in [3.05, 3.63) is 107 Å². The summed E-state index contributed by atoms with van der Waals surface area (Å²) < 4.78 is 17.8. The number of nitrogens with zero attached hydrogens (tertiary/aromatic N) is 3. The van der Waals surface area contributed by atoms with Crippen LogP contribution in [0.2, 0.25) is 0 Å². The first kappa shape index (κ1) is 29.6. The van der Waals surface area contributed by atoms with Crippen molar-refractivity contribution in [2.24, 2.45) is 4.99 Å². The summed E-state index contributed by atoms with van der Waals surface area (Å²) in [7, 11) is 0. The average molecular weight is 596 g/mol. The summed E-state index contributed by atoms with van der Waals surface area (Å²) in [6.07, 6.45) is 4.12. The Labute approximate surface area is 257 Å². The monoisotopic (exact) mass is 595 g/mol. The number of hydrogen-bond donors (Lipinski definition) is 1. The summed E-state index contributed by atoms with van der Waals surface area (Å²) in [4.78, 5) is 36.6. The fraction of sp³-hybridized carbons (Fsp3) is 0.343. The minimum absolute atomic E-state index is 0.0469. The van der Waals surface area contributed by atoms with Gasteiger partial charge >= 0.3 is 0 Å². The minimum Gasteiger partial charge on any atom is -0.494 e. The summed E-state index contributed by atoms with van der Waals surface area (Å²) >= 11 is 0. The SMILES string of the molecule is O=C(CN1Cc2ccccc2[C@@H]2OC(c3ccc(OCCCO)cc3)=N[C@]2(C/C=C/c2ccccc2)C1=O)N1CCOCC1. The maximum absolute atomic E-state index is 14.7. The van der Waals surface area contributed by atoms with E-state index in [-0.39, 0.29) is 31.4 Å². The molecule has 3 aromatic carbocycles. The van der Waals surface area contributed by atoms with E-state index >= 15 is 0 Å². The molecule has 1 fully saturated rings. The van der Waals surface area contributed by atoms with Gasteiger partial charge in [-0.2, -0.15) is 0 Å². The number of morpholine rings is 1. The number of fused-ring (bicyclic) bond motifs is 3. The smallest absolute Gasteiger partial charge is 0.255 e. The molecule has 3 aliphatic heterocycles. The molecule has 44 heavy (non-hydrogen) atoms. The zero-order valence-corrected chi connectivity index (χ0v) is 24.6. The lowest BCUT2D eigenvalue weighted by Crippen LogP contribution is -2.52. The van der Waals surface area contributed by atoms with Crippen molar-refractivity contribution in [2.45, 2.75) is 31.0 Å². The highest BCUT2D eigenvalue weighted by molar-refractivity contribution is 6.02. The predicted octanol–water partition coefficient (Wildman–Crippen LogP) is 4.01. The second-order valence-electron chi connectivity index (χ2n) is 11.2. The molecule has 228 valence electrons. The van der Waals surface area contributed by atoms with E-state index in [1.807, 2.05) is 91.0 Å². The lowest BCUT2D eigenvalue weighted by molar-refractivity contribution is -0.147. The van der Waals surface area contributed by atoms with E-state index in [1.165, 1.54) is 0 Å². The summed E-state index contributed by atoms with van der Waals surface area (Å²) in [5, 5.41) is 9.05. The highest BCUT2D eigenvalue weighted by Crippen LogP contribution is 2.47. The Kier molecular flexibility index (Phi) is 9.04. The van der Waals surface area contributed by atoms with Crippen LogP contribution in [0.15, 0.2) is 89.9 Å². The van der Waals surface area contributed by atoms with E-state index in [4.69, 9.17) is 24.3 Å². The number of carbonyl (C=O) groups is 2. The molecule has 2 atom stereocenters. The zero-order chi connectivity index (χ0) is 30.4. The summed E-state index contributed by atoms with van der Waals surface area (Å²) in [6, 6.07) is 25.2. The molecule has 3 aliphatic rings. The van der Waals surface area contributed by atoms with Gasteiger partial charge in [-0.05, 0) is 35.4 Å². The second-order valence-corrected chi connectivity index (χ2v) is 11.2. The van der Waals surface area contributed by atoms with Crippen molar-refractivity contribution >= 4 is 23.8 Å². The van der Waals surface area contributed by atoms with Crippen molar-refractivity contribution in [3.8, 4) is 5.75 Å². The molecule has 0 aromatic heterocycles. The number of hydrogen-bond acceptors (Lipinski definition) is 7. The number of aliphatic imine (C=N–C) groups is 1. The van der Waals surface area contributed by atoms with E-state index in [9.17, 15) is 9.59 Å². The minimum atomic E-state index is -1.31. The molecule has 0 saturated carbocycles. The van der Waals surface area contributed by atoms with E-state index in [1.54, 1.807) is 9.80 Å². The molecule has 1 N–H and O–H groups in total. The molecular weight excluding hydrogens is 558 g/mol. The van der Waals surface area contributed by atoms with Crippen LogP contribution in [0, 0.1) is 0 Å². The third-order valence-corrected chi connectivity index (χ3v) is 8.22. The molecule has 0 bridgehead atoms. The van der Waals surface area contributed by atoms with Gasteiger partial charge in [0.25, 0.3) is 5.91 Å². The molecule has 0 aliphatic carbocycles. The Hall–Kier alpha value is -4.47. The van der Waals surface area contributed by atoms with Gasteiger partial charge in [0.05, 0.1) is 19.8 Å². The first-order valence-electron chi connectivity index (χ1n) is 15.1. The Balaban J connectivity index is 1.37. The number of ether oxygens (including phenoxy) is 3. The van der Waals surface area contributed by atoms with Crippen LogP contribution in [-0.2, 0) is 25.6 Å². The second kappa shape index (κ2) is 13.4. The fourth-order valence-corrected chi connectivity index (χ4v) is 5.90. The molecule has 9 nitrogen and oxygen atoms in total. The van der Waals surface area contributed by atoms with Gasteiger partial charge in [0.15, 0.2) is 11.6 Å². The molecule has 1 saturated heterocycles. The van der Waals surface area contributed by atoms with Crippen LogP contribution in [0.3, 0.4) is 0 Å². The molecule has 3 aromatic rings. The normalized spacial score (nSPS) is 21.3. The van der Waals surface area contributed by atoms with Gasteiger partial charge in [-0.15, -0.1) is 0 Å². The van der Waals surface area contributed by atoms with Crippen LogP contribution in [0.5, 0.6) is 5.75 Å². The van der Waals surface area contributed by atoms with E-state index in [0.717, 1.165) is 22.3 Å². The molecule has 6 rings (SSSR count). The van der Waals surface area contributed by atoms with Gasteiger partial charge in [0, 0.05) is 50.2 Å². The fourth-order valence-electron chi connectivity index (χ4n) is 5.90. The van der Waals surface area contributed by atoms with Crippen LogP contribution in [0.1, 0.15) is 41.2 Å². The number of benzene rings is 3. The molecule has 3 heterocycles. The molecule has 9 heteroatoms. The van der Waals surface area contributed by atoms with Crippen LogP contribution < -0.4 is 4.74 Å². The first-order valence-corrected chi connectivity index (χ1v) is 15.1. The quantitative estimate of drug-likeness (QED) is 0.356. The zero-order valence-electron chi connectivity index (χ0n) is 24.6. The van der Waals surface area contributed by atoms with Gasteiger partial charge < -0.3 is 29.1 Å². The molecular formula is C35H37N3O6. The van der Waals surface area contributed by atoms with Gasteiger partial charge in [0.2, 0.25) is 11.8 Å². The highest BCUT2D eigenvalue weighted by atomic mass is 16.5. The average Bonchev–Trinajstić information content (AvgIpc) is 3.42. The van der Waals surface area contributed by atoms with Crippen molar-refractivity contribution in [1.29, 1.82) is 0 Å². The molecule has 0 spiro atoms. The van der Waals surface area contributed by atoms with Crippen LogP contribution in [-0.4, -0.2) is 84.2 Å². The largest absolute Gasteiger partial charge is 0.494 e. The lowest BCUT2D eigenvalue weighted by atomic mass is 9.84. The van der Waals surface area contributed by atoms with Crippen molar-refractivity contribution in [1.82, 2.24) is 9.80 Å². The van der Waals surface area contributed by atoms with Crippen molar-refractivity contribution in [2.75, 3.05) is 46.1 Å². The van der Waals surface area contributed by atoms with E-state index < -0.39 is 11.6 Å². The Morgan fingerprint density at radius 2 is 1.77 bits per heavy atom.